The van der Waals surface area contributed by atoms with Crippen LogP contribution in [0.2, 0.25) is 0 Å². The third-order valence-electron chi connectivity index (χ3n) is 4.36. The van der Waals surface area contributed by atoms with E-state index in [0.29, 0.717) is 25.4 Å². The van der Waals surface area contributed by atoms with Crippen LogP contribution in [-0.4, -0.2) is 42.2 Å². The number of piperidine rings is 1. The Balaban J connectivity index is 1.79. The molecule has 2 N–H and O–H groups in total. The van der Waals surface area contributed by atoms with Gasteiger partial charge in [-0.05, 0) is 58.1 Å². The quantitative estimate of drug-likeness (QED) is 0.843. The summed E-state index contributed by atoms with van der Waals surface area (Å²) in [7, 11) is 0. The van der Waals surface area contributed by atoms with E-state index in [0.717, 1.165) is 18.9 Å². The second-order valence-electron chi connectivity index (χ2n) is 7.65. The number of rotatable bonds is 5. The Hall–Kier alpha value is -2.38. The zero-order valence-corrected chi connectivity index (χ0v) is 15.9. The van der Waals surface area contributed by atoms with Gasteiger partial charge in [-0.1, -0.05) is 0 Å². The molecule has 0 aliphatic carbocycles. The van der Waals surface area contributed by atoms with Crippen LogP contribution in [0, 0.1) is 17.6 Å². The maximum atomic E-state index is 13.9. The summed E-state index contributed by atoms with van der Waals surface area (Å²) in [6.45, 7) is 6.88. The van der Waals surface area contributed by atoms with Crippen molar-refractivity contribution in [3.63, 3.8) is 0 Å². The van der Waals surface area contributed by atoms with Gasteiger partial charge in [-0.25, -0.2) is 9.18 Å². The summed E-state index contributed by atoms with van der Waals surface area (Å²) in [5.41, 5.74) is 3.95. The van der Waals surface area contributed by atoms with Crippen molar-refractivity contribution in [3.05, 3.63) is 29.3 Å². The summed E-state index contributed by atoms with van der Waals surface area (Å²) in [6.07, 6.45) is 1.92. The molecule has 6 nitrogen and oxygen atoms in total. The van der Waals surface area contributed by atoms with E-state index in [9.17, 15) is 18.4 Å². The highest BCUT2D eigenvalue weighted by Gasteiger charge is 2.27. The molecule has 1 fully saturated rings. The number of carbonyl (C=O) groups excluding carboxylic acids is 2. The molecule has 27 heavy (non-hydrogen) atoms. The summed E-state index contributed by atoms with van der Waals surface area (Å²) in [5, 5.41) is 0. The molecule has 0 spiro atoms. The second-order valence-corrected chi connectivity index (χ2v) is 7.65. The lowest BCUT2D eigenvalue weighted by Gasteiger charge is -2.33. The molecule has 1 aliphatic rings. The zero-order valence-electron chi connectivity index (χ0n) is 15.9. The first-order valence-corrected chi connectivity index (χ1v) is 8.97. The highest BCUT2D eigenvalue weighted by molar-refractivity contribution is 5.93. The van der Waals surface area contributed by atoms with Crippen molar-refractivity contribution in [2.45, 2.75) is 45.6 Å². The van der Waals surface area contributed by atoms with Gasteiger partial charge in [0, 0.05) is 13.1 Å². The lowest BCUT2D eigenvalue weighted by molar-refractivity contribution is 0.0177. The van der Waals surface area contributed by atoms with Crippen LogP contribution in [0.25, 0.3) is 0 Å². The molecule has 0 aromatic heterocycles. The molecule has 1 aromatic carbocycles. The van der Waals surface area contributed by atoms with Crippen LogP contribution < -0.4 is 10.5 Å². The Morgan fingerprint density at radius 3 is 2.37 bits per heavy atom. The first kappa shape index (κ1) is 20.9. The number of ether oxygens (including phenoxy) is 2. The zero-order chi connectivity index (χ0) is 20.2. The smallest absolute Gasteiger partial charge is 0.410 e. The van der Waals surface area contributed by atoms with Gasteiger partial charge in [0.05, 0.1) is 12.2 Å². The number of primary amides is 1. The fraction of sp³-hybridized carbons (Fsp3) is 0.579. The van der Waals surface area contributed by atoms with E-state index in [1.165, 1.54) is 6.07 Å². The molecule has 8 heteroatoms. The molecule has 0 bridgehead atoms. The monoisotopic (exact) mass is 384 g/mol. The minimum atomic E-state index is -1.30. The van der Waals surface area contributed by atoms with Gasteiger partial charge in [0.25, 0.3) is 5.91 Å². The number of hydrogen-bond acceptors (Lipinski definition) is 4. The first-order chi connectivity index (χ1) is 12.6. The molecule has 1 saturated heterocycles. The molecule has 1 heterocycles. The van der Waals surface area contributed by atoms with E-state index >= 15 is 0 Å². The minimum Gasteiger partial charge on any atom is -0.490 e. The Labute approximate surface area is 157 Å². The standard InChI is InChI=1S/C19H26F2N2O4/c1-19(2,3)27-18(25)23-9-6-12(7-10-23)8-11-26-14-5-4-13(17(22)24)15(20)16(14)21/h4-5,12H,6-11H2,1-3H3,(H2,22,24). The SMILES string of the molecule is CC(C)(C)OC(=O)N1CCC(CCOc2ccc(C(N)=O)c(F)c2F)CC1. The van der Waals surface area contributed by atoms with Gasteiger partial charge in [0.2, 0.25) is 5.82 Å². The minimum absolute atomic E-state index is 0.212. The molecule has 0 saturated carbocycles. The molecule has 0 radical (unpaired) electrons. The number of nitrogens with zero attached hydrogens (tertiary/aromatic N) is 1. The Bertz CT molecular complexity index is 696. The number of halogens is 2. The van der Waals surface area contributed by atoms with Crippen LogP contribution >= 0.6 is 0 Å². The summed E-state index contributed by atoms with van der Waals surface area (Å²) in [4.78, 5) is 24.7. The van der Waals surface area contributed by atoms with Gasteiger partial charge in [-0.3, -0.25) is 4.79 Å². The molecule has 1 aromatic rings. The van der Waals surface area contributed by atoms with Crippen molar-refractivity contribution in [1.29, 1.82) is 0 Å². The summed E-state index contributed by atoms with van der Waals surface area (Å²) in [6, 6.07) is 2.30. The predicted octanol–water partition coefficient (Wildman–Crippen LogP) is 3.48. The van der Waals surface area contributed by atoms with Gasteiger partial charge in [-0.2, -0.15) is 4.39 Å². The molecule has 2 amide bonds. The number of likely N-dealkylation sites (tertiary alicyclic amines) is 1. The van der Waals surface area contributed by atoms with Crippen molar-refractivity contribution in [1.82, 2.24) is 4.90 Å². The van der Waals surface area contributed by atoms with E-state index in [4.69, 9.17) is 15.2 Å². The van der Waals surface area contributed by atoms with E-state index < -0.39 is 28.7 Å². The average Bonchev–Trinajstić information content (AvgIpc) is 2.57. The van der Waals surface area contributed by atoms with E-state index in [2.05, 4.69) is 0 Å². The van der Waals surface area contributed by atoms with Crippen molar-refractivity contribution in [2.75, 3.05) is 19.7 Å². The molecule has 1 aliphatic heterocycles. The maximum absolute atomic E-state index is 13.9. The average molecular weight is 384 g/mol. The number of nitrogens with two attached hydrogens (primary N) is 1. The maximum Gasteiger partial charge on any atom is 0.410 e. The lowest BCUT2D eigenvalue weighted by Crippen LogP contribution is -2.41. The lowest BCUT2D eigenvalue weighted by atomic mass is 9.94. The van der Waals surface area contributed by atoms with E-state index in [1.807, 2.05) is 20.8 Å². The molecule has 0 unspecified atom stereocenters. The number of amides is 2. The third-order valence-corrected chi connectivity index (χ3v) is 4.36. The third kappa shape index (κ3) is 5.80. The Kier molecular flexibility index (Phi) is 6.62. The number of hydrogen-bond donors (Lipinski definition) is 1. The summed E-state index contributed by atoms with van der Waals surface area (Å²) in [5.74, 6) is -3.48. The molecule has 0 atom stereocenters. The normalized spacial score (nSPS) is 15.5. The van der Waals surface area contributed by atoms with Gasteiger partial charge in [-0.15, -0.1) is 0 Å². The van der Waals surface area contributed by atoms with Crippen LogP contribution in [0.1, 0.15) is 50.4 Å². The van der Waals surface area contributed by atoms with Gasteiger partial charge >= 0.3 is 6.09 Å². The van der Waals surface area contributed by atoms with Crippen LogP contribution in [0.3, 0.4) is 0 Å². The largest absolute Gasteiger partial charge is 0.490 e. The number of carbonyl (C=O) groups is 2. The predicted molar refractivity (Wildman–Crippen MR) is 95.5 cm³/mol. The Morgan fingerprint density at radius 1 is 1.19 bits per heavy atom. The van der Waals surface area contributed by atoms with Crippen molar-refractivity contribution in [2.24, 2.45) is 11.7 Å². The topological polar surface area (TPSA) is 81.9 Å². The molecule has 150 valence electrons. The van der Waals surface area contributed by atoms with Crippen LogP contribution in [-0.2, 0) is 4.74 Å². The van der Waals surface area contributed by atoms with E-state index in [-0.39, 0.29) is 18.4 Å². The molecular weight excluding hydrogens is 358 g/mol. The molecule has 2 rings (SSSR count). The van der Waals surface area contributed by atoms with Crippen LogP contribution in [0.4, 0.5) is 13.6 Å². The van der Waals surface area contributed by atoms with Crippen LogP contribution in [0.15, 0.2) is 12.1 Å². The highest BCUT2D eigenvalue weighted by atomic mass is 19.2. The van der Waals surface area contributed by atoms with E-state index in [1.54, 1.807) is 4.90 Å². The van der Waals surface area contributed by atoms with Crippen LogP contribution in [0.5, 0.6) is 5.75 Å². The summed E-state index contributed by atoms with van der Waals surface area (Å²) < 4.78 is 38.3. The van der Waals surface area contributed by atoms with Gasteiger partial charge in [0.15, 0.2) is 11.6 Å². The first-order valence-electron chi connectivity index (χ1n) is 8.97. The second kappa shape index (κ2) is 8.54. The summed E-state index contributed by atoms with van der Waals surface area (Å²) >= 11 is 0. The molecular formula is C19H26F2N2O4. The highest BCUT2D eigenvalue weighted by Crippen LogP contribution is 2.25. The van der Waals surface area contributed by atoms with Gasteiger partial charge < -0.3 is 20.1 Å². The van der Waals surface area contributed by atoms with Gasteiger partial charge in [0.1, 0.15) is 5.60 Å². The fourth-order valence-electron chi connectivity index (χ4n) is 2.90. The number of benzene rings is 1. The van der Waals surface area contributed by atoms with Crippen molar-refractivity contribution in [3.8, 4) is 5.75 Å². The van der Waals surface area contributed by atoms with Crippen molar-refractivity contribution >= 4 is 12.0 Å². The fourth-order valence-corrected chi connectivity index (χ4v) is 2.90. The Morgan fingerprint density at radius 2 is 1.81 bits per heavy atom. The van der Waals surface area contributed by atoms with Crippen molar-refractivity contribution < 1.29 is 27.8 Å².